The smallest absolute Gasteiger partial charge is 0.416 e. The van der Waals surface area contributed by atoms with Crippen LogP contribution in [0.2, 0.25) is 0 Å². The van der Waals surface area contributed by atoms with Crippen molar-refractivity contribution in [1.29, 1.82) is 0 Å². The average Bonchev–Trinajstić information content (AvgIpc) is 3.92. The van der Waals surface area contributed by atoms with E-state index >= 15 is 0 Å². The number of para-hydroxylation sites is 2. The lowest BCUT2D eigenvalue weighted by molar-refractivity contribution is -0.955. The maximum atomic E-state index is 13.8. The summed E-state index contributed by atoms with van der Waals surface area (Å²) in [5.41, 5.74) is 8.51. The Hall–Kier alpha value is -3.66. The Bertz CT molecular complexity index is 2620. The van der Waals surface area contributed by atoms with Crippen LogP contribution < -0.4 is 43.8 Å². The molecule has 0 aromatic heterocycles. The Morgan fingerprint density at radius 1 is 0.544 bits per heavy atom. The van der Waals surface area contributed by atoms with Gasteiger partial charge in [-0.3, -0.25) is 0 Å². The minimum absolute atomic E-state index is 0. The van der Waals surface area contributed by atoms with Gasteiger partial charge in [-0.1, -0.05) is 72.8 Å². The maximum absolute atomic E-state index is 13.8. The Balaban J connectivity index is 0.00000229. The molecule has 4 unspecified atom stereocenters. The zero-order valence-corrected chi connectivity index (χ0v) is 40.5. The molecular weight excluding hydrogens is 1010 g/mol. The summed E-state index contributed by atoms with van der Waals surface area (Å²) in [5, 5.41) is 0. The lowest BCUT2D eigenvalue weighted by Gasteiger charge is -2.65. The molecule has 4 bridgehead atoms. The summed E-state index contributed by atoms with van der Waals surface area (Å²) >= 11 is 0. The lowest BCUT2D eigenvalue weighted by atomic mass is 9.52. The quantitative estimate of drug-likeness (QED) is 0.177. The zero-order valence-electron chi connectivity index (χ0n) is 37.3. The molecule has 11 aliphatic rings. The molecule has 2 aliphatic carbocycles. The predicted octanol–water partition coefficient (Wildman–Crippen LogP) is 3.74. The normalized spacial score (nSPS) is 40.0. The number of ether oxygens (including phenoxy) is 2. The van der Waals surface area contributed by atoms with E-state index in [1.54, 1.807) is 24.3 Å². The van der Waals surface area contributed by atoms with Crippen molar-refractivity contribution in [3.05, 3.63) is 154 Å². The highest BCUT2D eigenvalue weighted by molar-refractivity contribution is 5.72. The van der Waals surface area contributed by atoms with E-state index in [4.69, 9.17) is 9.47 Å². The van der Waals surface area contributed by atoms with Crippen molar-refractivity contribution in [2.75, 3.05) is 49.2 Å². The molecule has 68 heavy (non-hydrogen) atoms. The van der Waals surface area contributed by atoms with Crippen LogP contribution in [0, 0.1) is 23.7 Å². The van der Waals surface area contributed by atoms with Gasteiger partial charge < -0.3 is 62.2 Å². The Kier molecular flexibility index (Phi) is 9.44. The third-order valence-corrected chi connectivity index (χ3v) is 20.0. The molecule has 5 saturated heterocycles. The van der Waals surface area contributed by atoms with Gasteiger partial charge in [-0.05, 0) is 58.7 Å². The molecule has 15 rings (SSSR count). The second-order valence-electron chi connectivity index (χ2n) is 22.1. The number of alkyl halides is 6. The molecule has 356 valence electrons. The molecule has 0 N–H and O–H groups in total. The van der Waals surface area contributed by atoms with Crippen molar-refractivity contribution in [3.63, 3.8) is 0 Å². The summed E-state index contributed by atoms with van der Waals surface area (Å²) in [6, 6.07) is 30.9. The van der Waals surface area contributed by atoms with Crippen molar-refractivity contribution >= 4 is 11.4 Å². The molecule has 6 nitrogen and oxygen atoms in total. The van der Waals surface area contributed by atoms with Gasteiger partial charge in [-0.2, -0.15) is 26.3 Å². The molecule has 9 heterocycles. The van der Waals surface area contributed by atoms with Crippen LogP contribution in [0.15, 0.2) is 120 Å². The van der Waals surface area contributed by atoms with Crippen LogP contribution in [0.25, 0.3) is 0 Å². The highest BCUT2D eigenvalue weighted by Crippen LogP contribution is 2.73. The van der Waals surface area contributed by atoms with Gasteiger partial charge in [-0.15, -0.1) is 0 Å². The summed E-state index contributed by atoms with van der Waals surface area (Å²) < 4.78 is 99.6. The Labute approximate surface area is 413 Å². The van der Waals surface area contributed by atoms with Gasteiger partial charge in [-0.25, -0.2) is 0 Å². The van der Waals surface area contributed by atoms with E-state index in [0.717, 1.165) is 72.0 Å². The number of nitrogens with zero attached hydrogens (tertiary/aromatic N) is 4. The van der Waals surface area contributed by atoms with Gasteiger partial charge in [0.05, 0.1) is 60.3 Å². The average molecular weight is 1060 g/mol. The summed E-state index contributed by atoms with van der Waals surface area (Å²) in [6.07, 6.45) is -0.433. The van der Waals surface area contributed by atoms with Crippen molar-refractivity contribution < 1.29 is 78.7 Å². The number of fused-ring (bicyclic) bond motifs is 6. The van der Waals surface area contributed by atoms with E-state index in [1.165, 1.54) is 57.9 Å². The number of anilines is 2. The topological polar surface area (TPSA) is 24.9 Å². The molecular formula is C54H52Br2F6N4O2. The summed E-state index contributed by atoms with van der Waals surface area (Å²) in [5.74, 6) is 0.754. The van der Waals surface area contributed by atoms with Gasteiger partial charge in [0.2, 0.25) is 0 Å². The molecule has 7 fully saturated rings. The van der Waals surface area contributed by atoms with Crippen molar-refractivity contribution in [2.24, 2.45) is 23.7 Å². The number of hydrogen-bond donors (Lipinski definition) is 0. The molecule has 14 atom stereocenters. The van der Waals surface area contributed by atoms with Gasteiger partial charge in [0, 0.05) is 71.9 Å². The SMILES string of the molecule is FC(F)(F)c1ccc(C[N+]23CCC45c6ccccc6N6[C@@H]7OCC=C8C[N+]9(Cc%10ccc(C(F)(F)F)cc%10)CCC%10%11c%12ccccc%12N([C@@H]%12OCC=C(C2)[C@H](C[C@@H]43)[C@@H]%12[C@H]65)[C@H]%10[C@H]7[C@H]8C[C@@H]%119)cc1.[Br-].[Br-]. The first-order chi connectivity index (χ1) is 31.8. The zero-order chi connectivity index (χ0) is 44.3. The van der Waals surface area contributed by atoms with Crippen LogP contribution in [0.4, 0.5) is 37.7 Å². The molecule has 4 aromatic carbocycles. The first kappa shape index (κ1) is 44.3. The Morgan fingerprint density at radius 3 is 1.34 bits per heavy atom. The van der Waals surface area contributed by atoms with Gasteiger partial charge in [0.25, 0.3) is 0 Å². The number of benzene rings is 4. The fourth-order valence-corrected chi connectivity index (χ4v) is 18.2. The molecule has 2 saturated carbocycles. The number of quaternary nitrogens is 2. The van der Waals surface area contributed by atoms with E-state index in [9.17, 15) is 26.3 Å². The molecule has 9 aliphatic heterocycles. The third kappa shape index (κ3) is 5.40. The maximum Gasteiger partial charge on any atom is 0.416 e. The standard InChI is InChI=1S/C54H52F6N4O2.2BrH/c55-53(56,57)35-13-9-31(10-14-35)27-63-21-19-51-39-5-1-3-7-41(39)61-47(51)45-37(25-43(51)63)33(29-63)18-24-66-50(45)62-42-8-4-2-6-40(42)52-20-22-64(28-32-11-15-36(16-12-32)54(58,59)60)30-34-17-23-65-49(61)46(48(52)62)38(34)26-44(52)64;;/h1-18,37-38,43-50H,19-30H2;2*1H/q+2;;/p-2/t37-,38-,43-,44-,45+,46+,47-,48-,49+,50+,51?,52?,63?,64?;;/m0../s1. The van der Waals surface area contributed by atoms with E-state index in [0.29, 0.717) is 26.3 Å². The second-order valence-corrected chi connectivity index (χ2v) is 22.1. The van der Waals surface area contributed by atoms with Crippen LogP contribution in [0.5, 0.6) is 0 Å². The van der Waals surface area contributed by atoms with Gasteiger partial charge >= 0.3 is 12.4 Å². The first-order valence-electron chi connectivity index (χ1n) is 24.3. The van der Waals surface area contributed by atoms with Crippen LogP contribution in [0.1, 0.15) is 59.1 Å². The highest BCUT2D eigenvalue weighted by Gasteiger charge is 2.81. The van der Waals surface area contributed by atoms with Crippen LogP contribution >= 0.6 is 0 Å². The molecule has 2 spiro atoms. The minimum Gasteiger partial charge on any atom is -1.00 e. The lowest BCUT2D eigenvalue weighted by Crippen LogP contribution is -3.00. The first-order valence-corrected chi connectivity index (χ1v) is 24.3. The third-order valence-electron chi connectivity index (χ3n) is 20.0. The largest absolute Gasteiger partial charge is 1.00 e. The fourth-order valence-electron chi connectivity index (χ4n) is 18.2. The molecule has 14 heteroatoms. The molecule has 0 amide bonds. The van der Waals surface area contributed by atoms with Crippen LogP contribution in [-0.2, 0) is 45.7 Å². The van der Waals surface area contributed by atoms with E-state index in [-0.39, 0.29) is 105 Å². The van der Waals surface area contributed by atoms with E-state index < -0.39 is 23.5 Å². The highest BCUT2D eigenvalue weighted by atomic mass is 79.9. The van der Waals surface area contributed by atoms with Gasteiger partial charge in [0.1, 0.15) is 50.7 Å². The molecule has 0 radical (unpaired) electrons. The number of piperidine rings is 2. The monoisotopic (exact) mass is 1060 g/mol. The van der Waals surface area contributed by atoms with Crippen LogP contribution in [-0.4, -0.2) is 85.0 Å². The van der Waals surface area contributed by atoms with E-state index in [1.807, 2.05) is 0 Å². The van der Waals surface area contributed by atoms with Crippen LogP contribution in [0.3, 0.4) is 0 Å². The fraction of sp³-hybridized carbons (Fsp3) is 0.481. The minimum atomic E-state index is -4.38. The Morgan fingerprint density at radius 2 is 0.941 bits per heavy atom. The van der Waals surface area contributed by atoms with Crippen molar-refractivity contribution in [3.8, 4) is 0 Å². The summed E-state index contributed by atoms with van der Waals surface area (Å²) in [7, 11) is 0. The number of rotatable bonds is 4. The van der Waals surface area contributed by atoms with E-state index in [2.05, 4.69) is 70.5 Å². The summed E-state index contributed by atoms with van der Waals surface area (Å²) in [4.78, 5) is 5.62. The summed E-state index contributed by atoms with van der Waals surface area (Å²) in [6.45, 7) is 6.02. The second kappa shape index (κ2) is 14.5. The molecule has 4 aromatic rings. The van der Waals surface area contributed by atoms with Crippen molar-refractivity contribution in [1.82, 2.24) is 0 Å². The predicted molar refractivity (Wildman–Crippen MR) is 235 cm³/mol. The number of halogens is 8. The van der Waals surface area contributed by atoms with Gasteiger partial charge in [0.15, 0.2) is 0 Å². The number of hydrogen-bond acceptors (Lipinski definition) is 4. The van der Waals surface area contributed by atoms with Crippen molar-refractivity contribution in [2.45, 2.75) is 98.6 Å².